The fraction of sp³-hybridized carbons (Fsp3) is 0.500. The van der Waals surface area contributed by atoms with Crippen molar-refractivity contribution in [3.05, 3.63) is 18.0 Å². The van der Waals surface area contributed by atoms with Gasteiger partial charge in [-0.25, -0.2) is 13.4 Å². The number of nitrogens with zero attached hydrogens (tertiary/aromatic N) is 1. The number of halogens is 3. The largest absolute Gasteiger partial charge is 0.416 e. The van der Waals surface area contributed by atoms with Crippen LogP contribution in [0.4, 0.5) is 18.9 Å². The van der Waals surface area contributed by atoms with Crippen molar-refractivity contribution in [1.29, 1.82) is 0 Å². The summed E-state index contributed by atoms with van der Waals surface area (Å²) in [6.07, 6.45) is -6.70. The number of hydrogen-bond donors (Lipinski definition) is 3. The summed E-state index contributed by atoms with van der Waals surface area (Å²) in [7, 11) is -3.65. The number of aliphatic hydroxyl groups excluding tert-OH is 1. The Hall–Kier alpha value is -1.88. The smallest absolute Gasteiger partial charge is 0.397 e. The second kappa shape index (κ2) is 6.71. The van der Waals surface area contributed by atoms with Crippen LogP contribution in [-0.4, -0.2) is 48.5 Å². The minimum Gasteiger partial charge on any atom is -0.397 e. The van der Waals surface area contributed by atoms with Crippen LogP contribution in [0.5, 0.6) is 0 Å². The highest BCUT2D eigenvalue weighted by molar-refractivity contribution is 7.92. The highest BCUT2D eigenvalue weighted by atomic mass is 32.2. The number of aliphatic hydroxyl groups is 1. The molecule has 0 aliphatic carbocycles. The van der Waals surface area contributed by atoms with E-state index in [2.05, 4.69) is 4.98 Å². The summed E-state index contributed by atoms with van der Waals surface area (Å²) in [6.45, 7) is 1.82. The molecule has 4 N–H and O–H groups in total. The van der Waals surface area contributed by atoms with Crippen molar-refractivity contribution in [3.8, 4) is 0 Å². The van der Waals surface area contributed by atoms with Crippen molar-refractivity contribution in [3.63, 3.8) is 0 Å². The van der Waals surface area contributed by atoms with Gasteiger partial charge in [-0.05, 0) is 19.9 Å². The van der Waals surface area contributed by atoms with Gasteiger partial charge in [0.2, 0.25) is 0 Å². The zero-order valence-electron chi connectivity index (χ0n) is 12.3. The lowest BCUT2D eigenvalue weighted by atomic mass is 10.2. The predicted octanol–water partition coefficient (Wildman–Crippen LogP) is 0.499. The van der Waals surface area contributed by atoms with Crippen LogP contribution in [-0.2, 0) is 9.84 Å². The number of hydrogen-bond acceptors (Lipinski definition) is 6. The summed E-state index contributed by atoms with van der Waals surface area (Å²) < 4.78 is 60.3. The van der Waals surface area contributed by atoms with E-state index in [-0.39, 0.29) is 10.6 Å². The van der Waals surface area contributed by atoms with Crippen LogP contribution >= 0.6 is 0 Å². The van der Waals surface area contributed by atoms with E-state index in [0.717, 1.165) is 12.3 Å². The Morgan fingerprint density at radius 3 is 2.43 bits per heavy atom. The Bertz CT molecular complexity index is 689. The molecular weight excluding hydrogens is 339 g/mol. The number of rotatable bonds is 5. The molecule has 0 bridgehead atoms. The molecule has 1 aromatic rings. The van der Waals surface area contributed by atoms with Crippen LogP contribution in [0, 0.1) is 0 Å². The molecule has 7 nitrogen and oxygen atoms in total. The zero-order chi connectivity index (χ0) is 18.0. The van der Waals surface area contributed by atoms with Gasteiger partial charge < -0.3 is 16.2 Å². The van der Waals surface area contributed by atoms with Crippen LogP contribution < -0.4 is 11.1 Å². The number of pyridine rings is 1. The molecule has 0 radical (unpaired) electrons. The Morgan fingerprint density at radius 1 is 1.43 bits per heavy atom. The molecule has 1 atom stereocenters. The first kappa shape index (κ1) is 19.2. The fourth-order valence-electron chi connectivity index (χ4n) is 1.47. The predicted molar refractivity (Wildman–Crippen MR) is 75.4 cm³/mol. The Labute approximate surface area is 130 Å². The molecule has 1 rings (SSSR count). The molecule has 0 spiro atoms. The number of anilines is 1. The SMILES string of the molecule is CC(C)S(=O)(=O)c1cnc(C(=O)NCC(O)C(F)(F)F)c(N)c1. The van der Waals surface area contributed by atoms with Gasteiger partial charge in [0.1, 0.15) is 0 Å². The molecule has 1 aromatic heterocycles. The third kappa shape index (κ3) is 4.55. The van der Waals surface area contributed by atoms with Crippen molar-refractivity contribution < 1.29 is 31.5 Å². The van der Waals surface area contributed by atoms with Gasteiger partial charge >= 0.3 is 6.18 Å². The van der Waals surface area contributed by atoms with E-state index in [4.69, 9.17) is 10.8 Å². The lowest BCUT2D eigenvalue weighted by molar-refractivity contribution is -0.201. The molecule has 0 aliphatic rings. The normalized spacial score (nSPS) is 13.9. The molecule has 0 aliphatic heterocycles. The lowest BCUT2D eigenvalue weighted by Crippen LogP contribution is -2.41. The summed E-state index contributed by atoms with van der Waals surface area (Å²) in [5.74, 6) is -1.06. The van der Waals surface area contributed by atoms with E-state index in [1.165, 1.54) is 13.8 Å². The van der Waals surface area contributed by atoms with Crippen LogP contribution in [0.15, 0.2) is 17.2 Å². The molecule has 1 amide bonds. The number of aromatic nitrogens is 1. The summed E-state index contributed by atoms with van der Waals surface area (Å²) in [5, 5.41) is 9.89. The topological polar surface area (TPSA) is 122 Å². The molecule has 1 unspecified atom stereocenters. The Morgan fingerprint density at radius 2 is 2.00 bits per heavy atom. The Kier molecular flexibility index (Phi) is 5.59. The maximum Gasteiger partial charge on any atom is 0.416 e. The van der Waals surface area contributed by atoms with Crippen LogP contribution in [0.2, 0.25) is 0 Å². The molecule has 23 heavy (non-hydrogen) atoms. The van der Waals surface area contributed by atoms with E-state index in [0.29, 0.717) is 0 Å². The molecule has 130 valence electrons. The number of nitrogens with one attached hydrogen (secondary N) is 1. The molecular formula is C12H16F3N3O4S. The molecule has 1 heterocycles. The molecule has 0 fully saturated rings. The second-order valence-electron chi connectivity index (χ2n) is 4.97. The van der Waals surface area contributed by atoms with Crippen LogP contribution in [0.1, 0.15) is 24.3 Å². The summed E-state index contributed by atoms with van der Waals surface area (Å²) >= 11 is 0. The third-order valence-electron chi connectivity index (χ3n) is 2.89. The monoisotopic (exact) mass is 355 g/mol. The summed E-state index contributed by atoms with van der Waals surface area (Å²) in [6, 6.07) is 1.01. The van der Waals surface area contributed by atoms with E-state index >= 15 is 0 Å². The molecule has 11 heteroatoms. The first-order chi connectivity index (χ1) is 10.4. The quantitative estimate of drug-likeness (QED) is 0.707. The number of carbonyl (C=O) groups is 1. The summed E-state index contributed by atoms with van der Waals surface area (Å²) in [4.78, 5) is 15.1. The summed E-state index contributed by atoms with van der Waals surface area (Å²) in [5.41, 5.74) is 4.81. The van der Waals surface area contributed by atoms with Gasteiger partial charge in [-0.1, -0.05) is 0 Å². The second-order valence-corrected chi connectivity index (χ2v) is 7.47. The highest BCUT2D eigenvalue weighted by Crippen LogP contribution is 2.21. The van der Waals surface area contributed by atoms with Crippen LogP contribution in [0.3, 0.4) is 0 Å². The van der Waals surface area contributed by atoms with Gasteiger partial charge in [0.15, 0.2) is 21.6 Å². The van der Waals surface area contributed by atoms with Gasteiger partial charge in [-0.15, -0.1) is 0 Å². The standard InChI is InChI=1S/C12H16F3N3O4S/c1-6(2)23(21,22)7-3-8(16)10(17-4-7)11(20)18-5-9(19)12(13,14)15/h3-4,6,9,19H,5,16H2,1-2H3,(H,18,20). The number of carbonyl (C=O) groups excluding carboxylic acids is 1. The minimum absolute atomic E-state index is 0.197. The average molecular weight is 355 g/mol. The first-order valence-electron chi connectivity index (χ1n) is 6.39. The van der Waals surface area contributed by atoms with Gasteiger partial charge in [-0.3, -0.25) is 4.79 Å². The average Bonchev–Trinajstić information content (AvgIpc) is 2.42. The van der Waals surface area contributed by atoms with E-state index in [1.807, 2.05) is 5.32 Å². The van der Waals surface area contributed by atoms with Gasteiger partial charge in [0.25, 0.3) is 5.91 Å². The third-order valence-corrected chi connectivity index (χ3v) is 5.01. The van der Waals surface area contributed by atoms with Gasteiger partial charge in [0.05, 0.1) is 22.4 Å². The van der Waals surface area contributed by atoms with Crippen molar-refractivity contribution in [2.24, 2.45) is 0 Å². The van der Waals surface area contributed by atoms with E-state index in [9.17, 15) is 26.4 Å². The van der Waals surface area contributed by atoms with Crippen molar-refractivity contribution in [1.82, 2.24) is 10.3 Å². The van der Waals surface area contributed by atoms with Gasteiger partial charge in [-0.2, -0.15) is 13.2 Å². The maximum atomic E-state index is 12.1. The fourth-order valence-corrected chi connectivity index (χ4v) is 2.50. The maximum absolute atomic E-state index is 12.1. The van der Waals surface area contributed by atoms with Crippen molar-refractivity contribution >= 4 is 21.4 Å². The van der Waals surface area contributed by atoms with Crippen molar-refractivity contribution in [2.45, 2.75) is 36.3 Å². The number of nitrogens with two attached hydrogens (primary N) is 1. The first-order valence-corrected chi connectivity index (χ1v) is 7.94. The number of alkyl halides is 3. The highest BCUT2D eigenvalue weighted by Gasteiger charge is 2.38. The van der Waals surface area contributed by atoms with E-state index < -0.39 is 45.5 Å². The molecule has 0 saturated carbocycles. The number of sulfone groups is 1. The van der Waals surface area contributed by atoms with Crippen LogP contribution in [0.25, 0.3) is 0 Å². The van der Waals surface area contributed by atoms with Gasteiger partial charge in [0, 0.05) is 6.20 Å². The molecule has 0 aromatic carbocycles. The number of nitrogen functional groups attached to an aromatic ring is 1. The lowest BCUT2D eigenvalue weighted by Gasteiger charge is -2.15. The molecule has 0 saturated heterocycles. The Balaban J connectivity index is 2.93. The van der Waals surface area contributed by atoms with E-state index in [1.54, 1.807) is 0 Å². The zero-order valence-corrected chi connectivity index (χ0v) is 13.1. The van der Waals surface area contributed by atoms with Crippen molar-refractivity contribution in [2.75, 3.05) is 12.3 Å². The minimum atomic E-state index is -4.87. The number of amides is 1.